The van der Waals surface area contributed by atoms with Gasteiger partial charge in [0.05, 0.1) is 29.4 Å². The molecule has 0 aliphatic heterocycles. The molecule has 0 spiro atoms. The van der Waals surface area contributed by atoms with Crippen molar-refractivity contribution in [3.8, 4) is 5.75 Å². The lowest BCUT2D eigenvalue weighted by atomic mass is 10.1. The van der Waals surface area contributed by atoms with Crippen LogP contribution in [0.5, 0.6) is 5.75 Å². The van der Waals surface area contributed by atoms with Gasteiger partial charge in [0, 0.05) is 4.47 Å². The van der Waals surface area contributed by atoms with E-state index in [1.165, 1.54) is 25.4 Å². The summed E-state index contributed by atoms with van der Waals surface area (Å²) in [6.07, 6.45) is 0. The number of carbonyl (C=O) groups is 1. The fourth-order valence-electron chi connectivity index (χ4n) is 2.63. The number of aromatic nitrogens is 1. The highest BCUT2D eigenvalue weighted by Crippen LogP contribution is 2.30. The van der Waals surface area contributed by atoms with Gasteiger partial charge in [-0.05, 0) is 36.1 Å². The molecule has 1 aromatic carbocycles. The van der Waals surface area contributed by atoms with E-state index in [-0.39, 0.29) is 17.1 Å². The summed E-state index contributed by atoms with van der Waals surface area (Å²) in [5, 5.41) is 1.88. The molecule has 4 nitrogen and oxygen atoms in total. The van der Waals surface area contributed by atoms with E-state index >= 15 is 0 Å². The Morgan fingerprint density at radius 2 is 2.13 bits per heavy atom. The van der Waals surface area contributed by atoms with Gasteiger partial charge in [0.1, 0.15) is 0 Å². The fourth-order valence-corrected chi connectivity index (χ4v) is 4.06. The van der Waals surface area contributed by atoms with Crippen LogP contribution in [0.3, 0.4) is 0 Å². The number of nitrogens with zero attached hydrogens (tertiary/aromatic N) is 1. The SMILES string of the molecule is COc1c(C(C)=O)c2sccc2n(Cc2cccc(Br)c2)c1=O. The molecule has 0 radical (unpaired) electrons. The average molecular weight is 392 g/mol. The maximum Gasteiger partial charge on any atom is 0.294 e. The van der Waals surface area contributed by atoms with Gasteiger partial charge in [0.15, 0.2) is 11.5 Å². The third-order valence-corrected chi connectivity index (χ3v) is 5.03. The standard InChI is InChI=1S/C17H14BrNO3S/c1-10(20)14-15(22-2)17(21)19(13-6-7-23-16(13)14)9-11-4-3-5-12(18)8-11/h3-8H,9H2,1-2H3. The summed E-state index contributed by atoms with van der Waals surface area (Å²) in [5.41, 5.74) is 1.83. The number of ether oxygens (including phenoxy) is 1. The second-order valence-electron chi connectivity index (χ2n) is 5.12. The molecule has 0 fully saturated rings. The zero-order valence-corrected chi connectivity index (χ0v) is 15.0. The molecule has 0 aliphatic rings. The van der Waals surface area contributed by atoms with Crippen molar-refractivity contribution in [3.63, 3.8) is 0 Å². The normalized spacial score (nSPS) is 10.9. The van der Waals surface area contributed by atoms with Crippen molar-refractivity contribution in [1.29, 1.82) is 0 Å². The van der Waals surface area contributed by atoms with Gasteiger partial charge < -0.3 is 4.74 Å². The van der Waals surface area contributed by atoms with Gasteiger partial charge in [-0.25, -0.2) is 0 Å². The molecule has 23 heavy (non-hydrogen) atoms. The van der Waals surface area contributed by atoms with Crippen molar-refractivity contribution in [2.45, 2.75) is 13.5 Å². The number of rotatable bonds is 4. The first-order chi connectivity index (χ1) is 11.0. The highest BCUT2D eigenvalue weighted by molar-refractivity contribution is 9.10. The second kappa shape index (κ2) is 6.29. The van der Waals surface area contributed by atoms with Gasteiger partial charge in [0.2, 0.25) is 0 Å². The summed E-state index contributed by atoms with van der Waals surface area (Å²) in [4.78, 5) is 24.8. The lowest BCUT2D eigenvalue weighted by Gasteiger charge is -2.13. The molecule has 0 saturated carbocycles. The molecule has 0 bridgehead atoms. The predicted octanol–water partition coefficient (Wildman–Crippen LogP) is 4.09. The number of fused-ring (bicyclic) bond motifs is 1. The Balaban J connectivity index is 2.27. The number of thiophene rings is 1. The van der Waals surface area contributed by atoms with Crippen molar-refractivity contribution >= 4 is 43.3 Å². The second-order valence-corrected chi connectivity index (χ2v) is 6.95. The number of carbonyl (C=O) groups excluding carboxylic acids is 1. The molecular weight excluding hydrogens is 378 g/mol. The van der Waals surface area contributed by atoms with Crippen LogP contribution in [0.15, 0.2) is 45.0 Å². The largest absolute Gasteiger partial charge is 0.491 e. The molecule has 0 N–H and O–H groups in total. The first kappa shape index (κ1) is 16.0. The smallest absolute Gasteiger partial charge is 0.294 e. The molecule has 3 aromatic rings. The Bertz CT molecular complexity index is 958. The molecule has 118 valence electrons. The molecule has 0 unspecified atom stereocenters. The molecule has 6 heteroatoms. The van der Waals surface area contributed by atoms with E-state index in [4.69, 9.17) is 4.74 Å². The summed E-state index contributed by atoms with van der Waals surface area (Å²) in [6.45, 7) is 1.87. The average Bonchev–Trinajstić information content (AvgIpc) is 2.98. The van der Waals surface area contributed by atoms with Crippen molar-refractivity contribution < 1.29 is 9.53 Å². The van der Waals surface area contributed by atoms with Crippen LogP contribution in [0.1, 0.15) is 22.8 Å². The van der Waals surface area contributed by atoms with Gasteiger partial charge in [-0.15, -0.1) is 11.3 Å². The number of ketones is 1. The molecule has 0 amide bonds. The Kier molecular flexibility index (Phi) is 4.37. The summed E-state index contributed by atoms with van der Waals surface area (Å²) in [6, 6.07) is 9.66. The van der Waals surface area contributed by atoms with Crippen molar-refractivity contribution in [3.05, 3.63) is 61.7 Å². The van der Waals surface area contributed by atoms with Crippen LogP contribution in [0.2, 0.25) is 0 Å². The van der Waals surface area contributed by atoms with Crippen LogP contribution in [-0.2, 0) is 6.54 Å². The minimum atomic E-state index is -0.288. The summed E-state index contributed by atoms with van der Waals surface area (Å²) in [5.74, 6) is -0.0524. The molecule has 3 rings (SSSR count). The van der Waals surface area contributed by atoms with E-state index in [2.05, 4.69) is 15.9 Å². The van der Waals surface area contributed by atoms with Crippen molar-refractivity contribution in [2.75, 3.05) is 7.11 Å². The van der Waals surface area contributed by atoms with Crippen molar-refractivity contribution in [2.24, 2.45) is 0 Å². The van der Waals surface area contributed by atoms with Crippen LogP contribution >= 0.6 is 27.3 Å². The number of pyridine rings is 1. The number of halogens is 1. The molecule has 2 heterocycles. The third kappa shape index (κ3) is 2.84. The highest BCUT2D eigenvalue weighted by Gasteiger charge is 2.21. The number of hydrogen-bond acceptors (Lipinski definition) is 4. The highest BCUT2D eigenvalue weighted by atomic mass is 79.9. The summed E-state index contributed by atoms with van der Waals surface area (Å²) < 4.78 is 8.65. The van der Waals surface area contributed by atoms with Gasteiger partial charge in [-0.1, -0.05) is 28.1 Å². The van der Waals surface area contributed by atoms with Gasteiger partial charge in [0.25, 0.3) is 5.56 Å². The molecule has 0 atom stereocenters. The lowest BCUT2D eigenvalue weighted by Crippen LogP contribution is -2.24. The Hall–Kier alpha value is -1.92. The maximum atomic E-state index is 12.8. The maximum absolute atomic E-state index is 12.8. The van der Waals surface area contributed by atoms with Crippen LogP contribution in [0.25, 0.3) is 10.2 Å². The predicted molar refractivity (Wildman–Crippen MR) is 95.9 cm³/mol. The topological polar surface area (TPSA) is 48.3 Å². The first-order valence-corrected chi connectivity index (χ1v) is 8.63. The number of hydrogen-bond donors (Lipinski definition) is 0. The van der Waals surface area contributed by atoms with Crippen LogP contribution in [0, 0.1) is 0 Å². The fraction of sp³-hybridized carbons (Fsp3) is 0.176. The zero-order chi connectivity index (χ0) is 16.6. The number of Topliss-reactive ketones (excluding diaryl/α,β-unsaturated/α-hetero) is 1. The van der Waals surface area contributed by atoms with E-state index in [0.717, 1.165) is 20.3 Å². The third-order valence-electron chi connectivity index (χ3n) is 3.61. The minimum Gasteiger partial charge on any atom is -0.491 e. The number of methoxy groups -OCH3 is 1. The van der Waals surface area contributed by atoms with Crippen molar-refractivity contribution in [1.82, 2.24) is 4.57 Å². The van der Waals surface area contributed by atoms with E-state index in [1.54, 1.807) is 4.57 Å². The Morgan fingerprint density at radius 1 is 1.35 bits per heavy atom. The van der Waals surface area contributed by atoms with Gasteiger partial charge in [-0.3, -0.25) is 14.2 Å². The van der Waals surface area contributed by atoms with E-state index in [1.807, 2.05) is 35.7 Å². The Labute approximate surface area is 145 Å². The van der Waals surface area contributed by atoms with Gasteiger partial charge >= 0.3 is 0 Å². The minimum absolute atomic E-state index is 0.113. The quantitative estimate of drug-likeness (QED) is 0.629. The monoisotopic (exact) mass is 391 g/mol. The molecule has 0 aliphatic carbocycles. The van der Waals surface area contributed by atoms with E-state index in [9.17, 15) is 9.59 Å². The molecular formula is C17H14BrNO3S. The zero-order valence-electron chi connectivity index (χ0n) is 12.6. The molecule has 2 aromatic heterocycles. The van der Waals surface area contributed by atoms with Crippen LogP contribution < -0.4 is 10.3 Å². The van der Waals surface area contributed by atoms with Crippen LogP contribution in [-0.4, -0.2) is 17.5 Å². The Morgan fingerprint density at radius 3 is 2.78 bits per heavy atom. The summed E-state index contributed by atoms with van der Waals surface area (Å²) in [7, 11) is 1.42. The van der Waals surface area contributed by atoms with E-state index in [0.29, 0.717) is 12.1 Å². The first-order valence-electron chi connectivity index (χ1n) is 6.96. The van der Waals surface area contributed by atoms with E-state index < -0.39 is 0 Å². The lowest BCUT2D eigenvalue weighted by molar-refractivity contribution is 0.101. The molecule has 0 saturated heterocycles. The summed E-state index contributed by atoms with van der Waals surface area (Å²) >= 11 is 4.88. The van der Waals surface area contributed by atoms with Crippen LogP contribution in [0.4, 0.5) is 0 Å². The number of benzene rings is 1. The van der Waals surface area contributed by atoms with Gasteiger partial charge in [-0.2, -0.15) is 0 Å².